The van der Waals surface area contributed by atoms with Crippen LogP contribution in [-0.4, -0.2) is 35.1 Å². The van der Waals surface area contributed by atoms with Crippen LogP contribution in [-0.2, 0) is 0 Å². The van der Waals surface area contributed by atoms with Gasteiger partial charge in [-0.25, -0.2) is 10.4 Å². The zero-order chi connectivity index (χ0) is 17.4. The van der Waals surface area contributed by atoms with Crippen molar-refractivity contribution in [2.24, 2.45) is 21.1 Å². The summed E-state index contributed by atoms with van der Waals surface area (Å²) in [4.78, 5) is 19.2. The molecule has 0 amide bonds. The fraction of sp³-hybridized carbons (Fsp3) is 0.412. The third kappa shape index (κ3) is 5.35. The summed E-state index contributed by atoms with van der Waals surface area (Å²) in [6.07, 6.45) is 14.4. The molecule has 0 spiro atoms. The van der Waals surface area contributed by atoms with Crippen LogP contribution in [0.3, 0.4) is 0 Å². The standard InChI is InChI=1S/C17H22BrN5O/c1-13(7-4-3-5-10-21-24)15-8-6-9-19-16-11-14(2)22-23(16)12-20-17(15)18/h3-5,7-9,11,13-14,22H,6,10,12H2,1-2H3/b5-3-,7-4-,15-8-,19-9-,20-17+. The van der Waals surface area contributed by atoms with Gasteiger partial charge in [-0.3, -0.25) is 10.0 Å². The van der Waals surface area contributed by atoms with E-state index in [0.29, 0.717) is 6.67 Å². The van der Waals surface area contributed by atoms with Crippen LogP contribution in [0.25, 0.3) is 0 Å². The van der Waals surface area contributed by atoms with E-state index in [1.807, 2.05) is 23.4 Å². The lowest BCUT2D eigenvalue weighted by molar-refractivity contribution is 0.266. The number of nitrogens with one attached hydrogen (secondary N) is 1. The number of allylic oxidation sites excluding steroid dienone is 5. The molecule has 2 rings (SSSR count). The number of rotatable bonds is 5. The van der Waals surface area contributed by atoms with Gasteiger partial charge in [0.15, 0.2) is 0 Å². The normalized spacial score (nSPS) is 28.7. The second-order valence-electron chi connectivity index (χ2n) is 5.58. The number of fused-ring (bicyclic) bond motifs is 1. The zero-order valence-corrected chi connectivity index (χ0v) is 15.5. The Kier molecular flexibility index (Phi) is 7.27. The summed E-state index contributed by atoms with van der Waals surface area (Å²) in [6, 6.07) is 0.258. The zero-order valence-electron chi connectivity index (χ0n) is 13.9. The van der Waals surface area contributed by atoms with Crippen molar-refractivity contribution in [3.63, 3.8) is 0 Å². The molecule has 0 fully saturated rings. The lowest BCUT2D eigenvalue weighted by Crippen LogP contribution is -2.36. The molecule has 0 saturated carbocycles. The first-order valence-corrected chi connectivity index (χ1v) is 8.72. The monoisotopic (exact) mass is 391 g/mol. The van der Waals surface area contributed by atoms with Gasteiger partial charge in [-0.1, -0.05) is 42.5 Å². The Morgan fingerprint density at radius 2 is 2.38 bits per heavy atom. The molecular formula is C17H22BrN5O. The van der Waals surface area contributed by atoms with E-state index in [1.165, 1.54) is 0 Å². The first kappa shape index (κ1) is 18.5. The van der Waals surface area contributed by atoms with Gasteiger partial charge in [0.05, 0.1) is 6.54 Å². The second kappa shape index (κ2) is 9.44. The predicted octanol–water partition coefficient (Wildman–Crippen LogP) is 3.70. The summed E-state index contributed by atoms with van der Waals surface area (Å²) >= 11 is 3.60. The van der Waals surface area contributed by atoms with Gasteiger partial charge in [-0.15, -0.1) is 0 Å². The first-order valence-electron chi connectivity index (χ1n) is 7.92. The summed E-state index contributed by atoms with van der Waals surface area (Å²) < 4.78 is 0.842. The van der Waals surface area contributed by atoms with E-state index in [-0.39, 0.29) is 18.5 Å². The summed E-state index contributed by atoms with van der Waals surface area (Å²) in [5.74, 6) is 1.09. The third-order valence-corrected chi connectivity index (χ3v) is 4.32. The number of hydrogen-bond acceptors (Lipinski definition) is 6. The highest BCUT2D eigenvalue weighted by molar-refractivity contribution is 9.18. The van der Waals surface area contributed by atoms with E-state index in [0.717, 1.165) is 22.4 Å². The average molecular weight is 392 g/mol. The van der Waals surface area contributed by atoms with Crippen LogP contribution in [0.5, 0.6) is 0 Å². The molecule has 0 bridgehead atoms. The highest BCUT2D eigenvalue weighted by Gasteiger charge is 2.19. The molecule has 24 heavy (non-hydrogen) atoms. The summed E-state index contributed by atoms with van der Waals surface area (Å²) in [5, 5.41) is 4.74. The smallest absolute Gasteiger partial charge is 0.141 e. The van der Waals surface area contributed by atoms with E-state index in [4.69, 9.17) is 0 Å². The van der Waals surface area contributed by atoms with Crippen molar-refractivity contribution in [1.82, 2.24) is 10.4 Å². The van der Waals surface area contributed by atoms with E-state index >= 15 is 0 Å². The maximum absolute atomic E-state index is 10.0. The molecule has 2 unspecified atom stereocenters. The Labute approximate surface area is 150 Å². The maximum atomic E-state index is 10.0. The fourth-order valence-electron chi connectivity index (χ4n) is 2.41. The van der Waals surface area contributed by atoms with Crippen LogP contribution < -0.4 is 5.43 Å². The van der Waals surface area contributed by atoms with Gasteiger partial charge in [-0.05, 0) is 34.5 Å². The summed E-state index contributed by atoms with van der Waals surface area (Å²) in [7, 11) is 0. The van der Waals surface area contributed by atoms with Crippen LogP contribution in [0.15, 0.2) is 63.0 Å². The molecule has 0 aromatic rings. The Morgan fingerprint density at radius 3 is 3.17 bits per heavy atom. The predicted molar refractivity (Wildman–Crippen MR) is 103 cm³/mol. The van der Waals surface area contributed by atoms with Crippen LogP contribution >= 0.6 is 15.9 Å². The van der Waals surface area contributed by atoms with E-state index in [1.54, 1.807) is 6.08 Å². The van der Waals surface area contributed by atoms with E-state index in [2.05, 4.69) is 68.6 Å². The van der Waals surface area contributed by atoms with Crippen LogP contribution in [0.2, 0.25) is 0 Å². The van der Waals surface area contributed by atoms with Crippen LogP contribution in [0, 0.1) is 10.8 Å². The van der Waals surface area contributed by atoms with Crippen molar-refractivity contribution in [3.8, 4) is 0 Å². The molecule has 128 valence electrons. The highest BCUT2D eigenvalue weighted by atomic mass is 79.9. The number of aliphatic imine (C=N–C) groups is 2. The molecule has 6 nitrogen and oxygen atoms in total. The number of hydrazine groups is 1. The molecule has 0 aromatic heterocycles. The Bertz CT molecular complexity index is 633. The first-order chi connectivity index (χ1) is 11.6. The lowest BCUT2D eigenvalue weighted by atomic mass is 10.00. The molecule has 2 atom stereocenters. The van der Waals surface area contributed by atoms with Crippen LogP contribution in [0.4, 0.5) is 0 Å². The van der Waals surface area contributed by atoms with Gasteiger partial charge in [0.1, 0.15) is 17.1 Å². The molecule has 7 heteroatoms. The Balaban J connectivity index is 2.11. The minimum atomic E-state index is 0.185. The van der Waals surface area contributed by atoms with Crippen LogP contribution in [0.1, 0.15) is 20.3 Å². The molecule has 0 radical (unpaired) electrons. The average Bonchev–Trinajstić information content (AvgIpc) is 2.92. The van der Waals surface area contributed by atoms with E-state index in [9.17, 15) is 4.91 Å². The summed E-state index contributed by atoms with van der Waals surface area (Å²) in [5.41, 5.74) is 4.42. The Morgan fingerprint density at radius 1 is 1.54 bits per heavy atom. The molecule has 2 heterocycles. The van der Waals surface area contributed by atoms with Gasteiger partial charge in [0.25, 0.3) is 0 Å². The highest BCUT2D eigenvalue weighted by Crippen LogP contribution is 2.21. The van der Waals surface area contributed by atoms with E-state index < -0.39 is 0 Å². The Hall–Kier alpha value is -1.86. The summed E-state index contributed by atoms with van der Waals surface area (Å²) in [6.45, 7) is 4.88. The lowest BCUT2D eigenvalue weighted by Gasteiger charge is -2.20. The van der Waals surface area contributed by atoms with Gasteiger partial charge < -0.3 is 0 Å². The minimum Gasteiger partial charge on any atom is -0.270 e. The van der Waals surface area contributed by atoms with Crippen molar-refractivity contribution in [1.29, 1.82) is 0 Å². The van der Waals surface area contributed by atoms with Crippen molar-refractivity contribution in [3.05, 3.63) is 52.8 Å². The molecule has 0 aliphatic carbocycles. The number of nitroso groups, excluding NO2 is 1. The molecule has 2 aliphatic heterocycles. The molecule has 1 N–H and O–H groups in total. The van der Waals surface area contributed by atoms with Crippen molar-refractivity contribution in [2.45, 2.75) is 26.3 Å². The maximum Gasteiger partial charge on any atom is 0.141 e. The quantitative estimate of drug-likeness (QED) is 0.573. The molecule has 0 aromatic carbocycles. The van der Waals surface area contributed by atoms with Gasteiger partial charge in [-0.2, -0.15) is 4.91 Å². The van der Waals surface area contributed by atoms with Gasteiger partial charge in [0.2, 0.25) is 0 Å². The largest absolute Gasteiger partial charge is 0.270 e. The van der Waals surface area contributed by atoms with Crippen molar-refractivity contribution >= 4 is 26.8 Å². The van der Waals surface area contributed by atoms with Crippen molar-refractivity contribution in [2.75, 3.05) is 13.2 Å². The van der Waals surface area contributed by atoms with Gasteiger partial charge >= 0.3 is 0 Å². The fourth-order valence-corrected chi connectivity index (χ4v) is 3.05. The number of nitrogens with zero attached hydrogens (tertiary/aromatic N) is 4. The molecule has 2 aliphatic rings. The number of hydrogen-bond donors (Lipinski definition) is 1. The molecule has 0 saturated heterocycles. The van der Waals surface area contributed by atoms with Gasteiger partial charge in [0, 0.05) is 24.6 Å². The molecular weight excluding hydrogens is 370 g/mol. The minimum absolute atomic E-state index is 0.185. The third-order valence-electron chi connectivity index (χ3n) is 3.61. The second-order valence-corrected chi connectivity index (χ2v) is 6.33. The number of halogens is 1. The SMILES string of the molecule is CC1C=C2/N=C\C/C=C(C(C)/C=C\C=C/CN=O)\C(Br)=N/CN2N1. The van der Waals surface area contributed by atoms with Crippen molar-refractivity contribution < 1.29 is 0 Å². The topological polar surface area (TPSA) is 69.4 Å².